The summed E-state index contributed by atoms with van der Waals surface area (Å²) in [5.74, 6) is -4.52. The number of aliphatic hydroxyl groups is 2. The highest BCUT2D eigenvalue weighted by atomic mass is 32.2. The second-order valence-electron chi connectivity index (χ2n) is 16.0. The summed E-state index contributed by atoms with van der Waals surface area (Å²) in [4.78, 5) is 44.0. The molecule has 4 atom stereocenters. The number of aromatic nitrogens is 4. The zero-order chi connectivity index (χ0) is 43.7. The molecule has 14 nitrogen and oxygen atoms in total. The van der Waals surface area contributed by atoms with Crippen molar-refractivity contribution < 1.29 is 37.0 Å². The first-order chi connectivity index (χ1) is 26.6. The van der Waals surface area contributed by atoms with E-state index >= 15 is 8.78 Å². The van der Waals surface area contributed by atoms with Gasteiger partial charge in [0, 0.05) is 23.0 Å². The molecule has 0 saturated carbocycles. The number of carbonyl (C=O) groups is 2. The summed E-state index contributed by atoms with van der Waals surface area (Å²) in [6.07, 6.45) is 3.34. The minimum absolute atomic E-state index is 0.135. The van der Waals surface area contributed by atoms with Crippen LogP contribution in [0.3, 0.4) is 0 Å². The fourth-order valence-electron chi connectivity index (χ4n) is 6.44. The number of hydrogen-bond donors (Lipinski definition) is 4. The first-order valence-corrected chi connectivity index (χ1v) is 23.4. The number of thiazole rings is 2. The molecule has 4 aromatic heterocycles. The lowest BCUT2D eigenvalue weighted by Crippen LogP contribution is -2.20. The van der Waals surface area contributed by atoms with E-state index in [1.807, 2.05) is 20.8 Å². The van der Waals surface area contributed by atoms with Gasteiger partial charge in [0.1, 0.15) is 17.2 Å². The molecule has 0 saturated heterocycles. The van der Waals surface area contributed by atoms with Crippen LogP contribution in [0.2, 0.25) is 0 Å². The molecule has 4 rings (SSSR count). The number of amides is 2. The minimum atomic E-state index is -3.80. The van der Waals surface area contributed by atoms with Crippen LogP contribution in [-0.4, -0.2) is 50.4 Å². The molecule has 4 heterocycles. The summed E-state index contributed by atoms with van der Waals surface area (Å²) < 4.78 is 65.2. The van der Waals surface area contributed by atoms with Gasteiger partial charge in [0.25, 0.3) is 11.8 Å². The molecular weight excluding hydrogens is 831 g/mol. The summed E-state index contributed by atoms with van der Waals surface area (Å²) in [6, 6.07) is 0. The van der Waals surface area contributed by atoms with Gasteiger partial charge in [-0.2, -0.15) is 0 Å². The van der Waals surface area contributed by atoms with Crippen molar-refractivity contribution in [3.63, 3.8) is 0 Å². The number of hydrogen-bond acceptors (Lipinski definition) is 12. The molecule has 0 aliphatic heterocycles. The lowest BCUT2D eigenvalue weighted by atomic mass is 9.84. The molecule has 0 bridgehead atoms. The highest BCUT2D eigenvalue weighted by Gasteiger charge is 2.29. The Morgan fingerprint density at radius 1 is 0.741 bits per heavy atom. The van der Waals surface area contributed by atoms with E-state index in [0.29, 0.717) is 34.7 Å². The van der Waals surface area contributed by atoms with Crippen LogP contribution in [0.5, 0.6) is 0 Å². The Bertz CT molecular complexity index is 2440. The molecule has 4 aromatic rings. The van der Waals surface area contributed by atoms with Gasteiger partial charge >= 0.3 is 0 Å². The molecule has 20 heteroatoms. The summed E-state index contributed by atoms with van der Waals surface area (Å²) in [5, 5.41) is 34.0. The Hall–Kier alpha value is -3.50. The van der Waals surface area contributed by atoms with Crippen LogP contribution >= 0.6 is 22.7 Å². The van der Waals surface area contributed by atoms with Gasteiger partial charge in [-0.05, 0) is 86.5 Å². The maximum absolute atomic E-state index is 15.8. The zero-order valence-corrected chi connectivity index (χ0v) is 37.5. The second-order valence-corrected chi connectivity index (χ2v) is 21.8. The first-order valence-electron chi connectivity index (χ1n) is 18.5. The molecule has 0 aromatic carbocycles. The number of rotatable bonds is 15. The topological polar surface area (TPSA) is 237 Å². The minimum Gasteiger partial charge on any atom is -0.385 e. The molecular formula is C38H52F2N8O6S4. The maximum atomic E-state index is 15.8. The summed E-state index contributed by atoms with van der Waals surface area (Å²) in [6.45, 7) is 16.9. The summed E-state index contributed by atoms with van der Waals surface area (Å²) >= 11 is 1.77. The highest BCUT2D eigenvalue weighted by molar-refractivity contribution is 7.93. The molecule has 0 radical (unpaired) electrons. The average Bonchev–Trinajstić information content (AvgIpc) is 3.79. The monoisotopic (exact) mass is 882 g/mol. The van der Waals surface area contributed by atoms with Gasteiger partial charge < -0.3 is 10.2 Å². The van der Waals surface area contributed by atoms with Crippen molar-refractivity contribution in [2.75, 3.05) is 0 Å². The third kappa shape index (κ3) is 11.2. The number of nitrogens with zero attached hydrogens (tertiary/aromatic N) is 6. The van der Waals surface area contributed by atoms with Gasteiger partial charge in [-0.1, -0.05) is 41.5 Å². The average molecular weight is 883 g/mol. The highest BCUT2D eigenvalue weighted by Crippen LogP contribution is 2.37. The largest absolute Gasteiger partial charge is 0.385 e. The number of carbonyl (C=O) groups excluding carboxylic acids is 2. The van der Waals surface area contributed by atoms with E-state index < -0.39 is 79.2 Å². The molecule has 3 unspecified atom stereocenters. The summed E-state index contributed by atoms with van der Waals surface area (Å²) in [5.41, 5.74) is -0.491. The van der Waals surface area contributed by atoms with Crippen LogP contribution in [0.15, 0.2) is 41.4 Å². The normalized spacial score (nSPS) is 15.6. The Kier molecular flexibility index (Phi) is 14.6. The van der Waals surface area contributed by atoms with Crippen molar-refractivity contribution in [2.45, 2.75) is 138 Å². The molecule has 0 spiro atoms. The number of pyridine rings is 2. The Morgan fingerprint density at radius 2 is 1.24 bits per heavy atom. The quantitative estimate of drug-likeness (QED) is 0.0954. The smallest absolute Gasteiger partial charge is 0.259 e. The van der Waals surface area contributed by atoms with Gasteiger partial charge in [-0.25, -0.2) is 37.4 Å². The van der Waals surface area contributed by atoms with Crippen LogP contribution in [0.25, 0.3) is 0 Å². The molecule has 6 N–H and O–H groups in total. The van der Waals surface area contributed by atoms with Crippen molar-refractivity contribution in [3.8, 4) is 0 Å². The van der Waals surface area contributed by atoms with Gasteiger partial charge in [-0.3, -0.25) is 19.6 Å². The van der Waals surface area contributed by atoms with E-state index in [1.54, 1.807) is 20.8 Å². The third-order valence-corrected chi connectivity index (χ3v) is 15.2. The van der Waals surface area contributed by atoms with E-state index in [2.05, 4.69) is 28.7 Å². The number of nitrogens with two attached hydrogens (primary N) is 2. The zero-order valence-electron chi connectivity index (χ0n) is 34.2. The molecule has 318 valence electrons. The van der Waals surface area contributed by atoms with Crippen LogP contribution in [0, 0.1) is 11.6 Å². The van der Waals surface area contributed by atoms with Crippen molar-refractivity contribution in [3.05, 3.63) is 79.8 Å². The van der Waals surface area contributed by atoms with Gasteiger partial charge in [0.2, 0.25) is 8.68 Å². The SMILES string of the molecule is CC(C)c1ncc(F)c(C(C)CCC(C)c2ncc(F)c(C(C)C)c2CC(=O)N=[S@](N)(=O)c2ncc(C(C)(C)O)s2)c1CC(=O)N=S(N)(=O)c1nc(C(C)(C)O)cs1. The predicted molar refractivity (Wildman–Crippen MR) is 221 cm³/mol. The molecule has 0 aliphatic rings. The number of halogens is 2. The van der Waals surface area contributed by atoms with E-state index in [4.69, 9.17) is 10.3 Å². The maximum Gasteiger partial charge on any atom is 0.259 e. The van der Waals surface area contributed by atoms with E-state index in [9.17, 15) is 28.2 Å². The van der Waals surface area contributed by atoms with Gasteiger partial charge in [0.15, 0.2) is 19.8 Å². The molecule has 0 fully saturated rings. The first kappa shape index (κ1) is 47.2. The molecule has 2 amide bonds. The van der Waals surface area contributed by atoms with E-state index in [1.165, 1.54) is 39.3 Å². The molecule has 0 aliphatic carbocycles. The Balaban J connectivity index is 1.64. The fourth-order valence-corrected chi connectivity index (χ4v) is 10.8. The van der Waals surface area contributed by atoms with Crippen molar-refractivity contribution >= 4 is 54.3 Å². The van der Waals surface area contributed by atoms with E-state index in [-0.39, 0.29) is 42.9 Å². The fraction of sp³-hybridized carbons (Fsp3) is 0.526. The van der Waals surface area contributed by atoms with Crippen molar-refractivity contribution in [2.24, 2.45) is 19.0 Å². The lowest BCUT2D eigenvalue weighted by molar-refractivity contribution is -0.117. The van der Waals surface area contributed by atoms with Gasteiger partial charge in [0.05, 0.1) is 41.4 Å². The standard InChI is InChI=1S/C38H52F2N8O6S4/c1-19(2)31-23(13-29(49)47-57(41,53)35-45-17-28(56-35)38(9,10)52)34(44-15-25(31)39)22(6)12-11-21(5)32-24(33(20(3)4)43-16-26(32)40)14-30(50)48-58(42,54)36-46-27(18-55-36)37(7,8)51/h15-22,51-52H,11-14H2,1-10H3,(H2,41,47,49,53)(H2,42,48,50,54)/t21?,22?,57-,58?/m0/s1. The van der Waals surface area contributed by atoms with Crippen LogP contribution < -0.4 is 10.3 Å². The van der Waals surface area contributed by atoms with Crippen LogP contribution in [-0.2, 0) is 53.5 Å². The Labute approximate surface area is 347 Å². The lowest BCUT2D eigenvalue weighted by Gasteiger charge is -2.23. The van der Waals surface area contributed by atoms with E-state index in [0.717, 1.165) is 35.1 Å². The van der Waals surface area contributed by atoms with Crippen molar-refractivity contribution in [1.29, 1.82) is 0 Å². The molecule has 58 heavy (non-hydrogen) atoms. The second kappa shape index (κ2) is 18.0. The van der Waals surface area contributed by atoms with Crippen LogP contribution in [0.1, 0.15) is 150 Å². The van der Waals surface area contributed by atoms with Crippen LogP contribution in [0.4, 0.5) is 8.78 Å². The Morgan fingerprint density at radius 3 is 1.72 bits per heavy atom. The van der Waals surface area contributed by atoms with Gasteiger partial charge in [-0.15, -0.1) is 31.4 Å². The van der Waals surface area contributed by atoms with Crippen molar-refractivity contribution in [1.82, 2.24) is 19.9 Å². The summed E-state index contributed by atoms with van der Waals surface area (Å²) in [7, 11) is -7.60. The third-order valence-electron chi connectivity index (χ3n) is 9.36. The predicted octanol–water partition coefficient (Wildman–Crippen LogP) is 7.00.